The fourth-order valence-electron chi connectivity index (χ4n) is 2.42. The molecular weight excluding hydrogens is 352 g/mol. The molecule has 8 nitrogen and oxygen atoms in total. The molecular formula is C19H24N2O6. The molecule has 0 bridgehead atoms. The summed E-state index contributed by atoms with van der Waals surface area (Å²) in [6.07, 6.45) is 1.89. The van der Waals surface area contributed by atoms with Gasteiger partial charge in [-0.2, -0.15) is 0 Å². The normalized spacial score (nSPS) is 10.5. The number of ether oxygens (including phenoxy) is 3. The van der Waals surface area contributed by atoms with Gasteiger partial charge in [-0.15, -0.1) is 0 Å². The number of amides is 1. The van der Waals surface area contributed by atoms with E-state index in [-0.39, 0.29) is 24.0 Å². The van der Waals surface area contributed by atoms with Crippen LogP contribution in [0.15, 0.2) is 34.9 Å². The monoisotopic (exact) mass is 376 g/mol. The second kappa shape index (κ2) is 10.3. The van der Waals surface area contributed by atoms with E-state index in [9.17, 15) is 9.59 Å². The average Bonchev–Trinajstić information content (AvgIpc) is 3.18. The van der Waals surface area contributed by atoms with E-state index in [4.69, 9.17) is 13.9 Å². The molecule has 1 amide bonds. The minimum atomic E-state index is -0.589. The zero-order chi connectivity index (χ0) is 19.6. The van der Waals surface area contributed by atoms with Crippen LogP contribution in [0.4, 0.5) is 0 Å². The number of benzene rings is 1. The molecule has 0 spiro atoms. The first-order valence-electron chi connectivity index (χ1n) is 8.62. The first kappa shape index (κ1) is 20.4. The van der Waals surface area contributed by atoms with Gasteiger partial charge in [0.25, 0.3) is 5.91 Å². The molecule has 0 aliphatic rings. The van der Waals surface area contributed by atoms with Crippen LogP contribution in [0.5, 0.6) is 5.75 Å². The smallest absolute Gasteiger partial charge is 0.360 e. The highest BCUT2D eigenvalue weighted by Crippen LogP contribution is 2.15. The lowest BCUT2D eigenvalue weighted by atomic mass is 10.2. The number of carbonyl (C=O) groups excluding carboxylic acids is 2. The highest BCUT2D eigenvalue weighted by Gasteiger charge is 2.20. The Bertz CT molecular complexity index is 741. The van der Waals surface area contributed by atoms with Gasteiger partial charge in [-0.1, -0.05) is 0 Å². The standard InChI is InChI=1S/C19H24N2O6/c1-4-26-11-5-10-21(12-17-20-16(13-27-17)19(23)25-3)18(22)14-6-8-15(24-2)9-7-14/h6-9,13H,4-5,10-12H2,1-3H3. The van der Waals surface area contributed by atoms with Gasteiger partial charge in [0.15, 0.2) is 5.69 Å². The molecule has 2 rings (SSSR count). The Morgan fingerprint density at radius 2 is 1.93 bits per heavy atom. The van der Waals surface area contributed by atoms with Crippen LogP contribution in [0.1, 0.15) is 40.1 Å². The molecule has 0 radical (unpaired) electrons. The van der Waals surface area contributed by atoms with Gasteiger partial charge in [-0.25, -0.2) is 9.78 Å². The number of aromatic nitrogens is 1. The Morgan fingerprint density at radius 1 is 1.19 bits per heavy atom. The van der Waals surface area contributed by atoms with Crippen molar-refractivity contribution in [1.29, 1.82) is 0 Å². The molecule has 146 valence electrons. The molecule has 1 heterocycles. The predicted molar refractivity (Wildman–Crippen MR) is 96.7 cm³/mol. The zero-order valence-electron chi connectivity index (χ0n) is 15.8. The molecule has 0 fully saturated rings. The number of methoxy groups -OCH3 is 2. The highest BCUT2D eigenvalue weighted by molar-refractivity contribution is 5.94. The molecule has 0 aliphatic carbocycles. The van der Waals surface area contributed by atoms with Crippen LogP contribution in [0.25, 0.3) is 0 Å². The van der Waals surface area contributed by atoms with E-state index in [0.29, 0.717) is 37.5 Å². The van der Waals surface area contributed by atoms with Gasteiger partial charge in [0.05, 0.1) is 20.8 Å². The second-order valence-corrected chi connectivity index (χ2v) is 5.62. The lowest BCUT2D eigenvalue weighted by molar-refractivity contribution is 0.0593. The van der Waals surface area contributed by atoms with Crippen LogP contribution in [0.2, 0.25) is 0 Å². The van der Waals surface area contributed by atoms with E-state index in [2.05, 4.69) is 9.72 Å². The minimum absolute atomic E-state index is 0.0682. The van der Waals surface area contributed by atoms with E-state index in [1.807, 2.05) is 6.92 Å². The predicted octanol–water partition coefficient (Wildman–Crippen LogP) is 2.54. The minimum Gasteiger partial charge on any atom is -0.497 e. The molecule has 2 aromatic rings. The van der Waals surface area contributed by atoms with Gasteiger partial charge in [-0.05, 0) is 37.6 Å². The van der Waals surface area contributed by atoms with E-state index < -0.39 is 5.97 Å². The maximum Gasteiger partial charge on any atom is 0.360 e. The molecule has 0 saturated carbocycles. The van der Waals surface area contributed by atoms with E-state index in [1.165, 1.54) is 13.4 Å². The molecule has 0 saturated heterocycles. The van der Waals surface area contributed by atoms with Crippen molar-refractivity contribution in [3.8, 4) is 5.75 Å². The zero-order valence-corrected chi connectivity index (χ0v) is 15.8. The number of hydrogen-bond acceptors (Lipinski definition) is 7. The maximum atomic E-state index is 12.9. The van der Waals surface area contributed by atoms with Crippen LogP contribution >= 0.6 is 0 Å². The van der Waals surface area contributed by atoms with E-state index in [1.54, 1.807) is 36.3 Å². The van der Waals surface area contributed by atoms with Crippen molar-refractivity contribution in [2.24, 2.45) is 0 Å². The molecule has 0 unspecified atom stereocenters. The van der Waals surface area contributed by atoms with Gasteiger partial charge in [0.2, 0.25) is 5.89 Å². The second-order valence-electron chi connectivity index (χ2n) is 5.62. The van der Waals surface area contributed by atoms with Gasteiger partial charge in [-0.3, -0.25) is 4.79 Å². The third-order valence-electron chi connectivity index (χ3n) is 3.82. The lowest BCUT2D eigenvalue weighted by Gasteiger charge is -2.21. The van der Waals surface area contributed by atoms with Gasteiger partial charge < -0.3 is 23.5 Å². The summed E-state index contributed by atoms with van der Waals surface area (Å²) in [6.45, 7) is 3.67. The van der Waals surface area contributed by atoms with Gasteiger partial charge >= 0.3 is 5.97 Å². The first-order chi connectivity index (χ1) is 13.1. The molecule has 1 aromatic heterocycles. The largest absolute Gasteiger partial charge is 0.497 e. The number of nitrogens with zero attached hydrogens (tertiary/aromatic N) is 2. The summed E-state index contributed by atoms with van der Waals surface area (Å²) in [4.78, 5) is 30.1. The third kappa shape index (κ3) is 5.82. The fraction of sp³-hybridized carbons (Fsp3) is 0.421. The van der Waals surface area contributed by atoms with Crippen LogP contribution in [-0.4, -0.2) is 55.7 Å². The quantitative estimate of drug-likeness (QED) is 0.465. The molecule has 1 aromatic carbocycles. The number of rotatable bonds is 10. The summed E-state index contributed by atoms with van der Waals surface area (Å²) < 4.78 is 20.4. The summed E-state index contributed by atoms with van der Waals surface area (Å²) in [5, 5.41) is 0. The SMILES string of the molecule is CCOCCCN(Cc1nc(C(=O)OC)co1)C(=O)c1ccc(OC)cc1. The Balaban J connectivity index is 2.12. The van der Waals surface area contributed by atoms with Crippen LogP contribution in [0.3, 0.4) is 0 Å². The number of esters is 1. The van der Waals surface area contributed by atoms with Crippen molar-refractivity contribution in [2.75, 3.05) is 34.0 Å². The van der Waals surface area contributed by atoms with Crippen LogP contribution < -0.4 is 4.74 Å². The number of carbonyl (C=O) groups is 2. The molecule has 0 N–H and O–H groups in total. The summed E-state index contributed by atoms with van der Waals surface area (Å²) in [6, 6.07) is 6.86. The van der Waals surface area contributed by atoms with Crippen molar-refractivity contribution in [3.05, 3.63) is 47.7 Å². The Morgan fingerprint density at radius 3 is 2.56 bits per heavy atom. The molecule has 0 aliphatic heterocycles. The van der Waals surface area contributed by atoms with Crippen molar-refractivity contribution >= 4 is 11.9 Å². The van der Waals surface area contributed by atoms with Gasteiger partial charge in [0.1, 0.15) is 12.0 Å². The molecule has 27 heavy (non-hydrogen) atoms. The Kier molecular flexibility index (Phi) is 7.81. The van der Waals surface area contributed by atoms with Crippen LogP contribution in [-0.2, 0) is 16.0 Å². The highest BCUT2D eigenvalue weighted by atomic mass is 16.5. The summed E-state index contributed by atoms with van der Waals surface area (Å²) in [5.41, 5.74) is 0.589. The van der Waals surface area contributed by atoms with E-state index in [0.717, 1.165) is 0 Å². The lowest BCUT2D eigenvalue weighted by Crippen LogP contribution is -2.32. The first-order valence-corrected chi connectivity index (χ1v) is 8.62. The Labute approximate surface area is 158 Å². The number of hydrogen-bond donors (Lipinski definition) is 0. The topological polar surface area (TPSA) is 91.1 Å². The van der Waals surface area contributed by atoms with Gasteiger partial charge in [0, 0.05) is 25.3 Å². The van der Waals surface area contributed by atoms with Crippen molar-refractivity contribution in [1.82, 2.24) is 9.88 Å². The number of oxazole rings is 1. The summed E-state index contributed by atoms with van der Waals surface area (Å²) in [7, 11) is 2.84. The van der Waals surface area contributed by atoms with Crippen molar-refractivity contribution in [3.63, 3.8) is 0 Å². The summed E-state index contributed by atoms with van der Waals surface area (Å²) in [5.74, 6) is 0.167. The van der Waals surface area contributed by atoms with E-state index >= 15 is 0 Å². The van der Waals surface area contributed by atoms with Crippen LogP contribution in [0, 0.1) is 0 Å². The molecule has 8 heteroatoms. The Hall–Kier alpha value is -2.87. The van der Waals surface area contributed by atoms with Crippen molar-refractivity contribution < 1.29 is 28.2 Å². The fourth-order valence-corrected chi connectivity index (χ4v) is 2.42. The maximum absolute atomic E-state index is 12.9. The average molecular weight is 376 g/mol. The van der Waals surface area contributed by atoms with Crippen molar-refractivity contribution in [2.45, 2.75) is 19.9 Å². The molecule has 0 atom stereocenters. The summed E-state index contributed by atoms with van der Waals surface area (Å²) >= 11 is 0. The third-order valence-corrected chi connectivity index (χ3v) is 3.82.